The Labute approximate surface area is 144 Å². The van der Waals surface area contributed by atoms with Crippen molar-refractivity contribution in [3.05, 3.63) is 53.1 Å². The number of carbonyl (C=O) groups is 1. The second kappa shape index (κ2) is 7.72. The third kappa shape index (κ3) is 4.30. The number of amides is 1. The fourth-order valence-corrected chi connectivity index (χ4v) is 2.36. The van der Waals surface area contributed by atoms with Gasteiger partial charge in [-0.1, -0.05) is 0 Å². The Morgan fingerprint density at radius 1 is 1.25 bits per heavy atom. The summed E-state index contributed by atoms with van der Waals surface area (Å²) in [5.74, 6) is -4.10. The summed E-state index contributed by atoms with van der Waals surface area (Å²) in [7, 11) is 0. The highest BCUT2D eigenvalue weighted by molar-refractivity contribution is 5.96. The predicted molar refractivity (Wildman–Crippen MR) is 88.8 cm³/mol. The van der Waals surface area contributed by atoms with Gasteiger partial charge in [0.15, 0.2) is 0 Å². The minimum atomic E-state index is -3.14. The molecular formula is C16H19ClF3N3O. The van der Waals surface area contributed by atoms with Gasteiger partial charge >= 0.3 is 0 Å². The van der Waals surface area contributed by atoms with E-state index >= 15 is 0 Å². The van der Waals surface area contributed by atoms with Crippen molar-refractivity contribution in [2.24, 2.45) is 5.73 Å². The Kier molecular flexibility index (Phi) is 6.45. The maximum Gasteiger partial charge on any atom is 0.277 e. The summed E-state index contributed by atoms with van der Waals surface area (Å²) >= 11 is 0. The van der Waals surface area contributed by atoms with Gasteiger partial charge in [0.05, 0.1) is 18.7 Å². The highest BCUT2D eigenvalue weighted by Gasteiger charge is 2.28. The van der Waals surface area contributed by atoms with E-state index in [4.69, 9.17) is 5.73 Å². The Balaban J connectivity index is 0.00000288. The lowest BCUT2D eigenvalue weighted by Crippen LogP contribution is -2.41. The number of nitrogens with zero attached hydrogens (tertiary/aromatic N) is 1. The Morgan fingerprint density at radius 3 is 2.38 bits per heavy atom. The quantitative estimate of drug-likeness (QED) is 0.860. The summed E-state index contributed by atoms with van der Waals surface area (Å²) in [6.45, 7) is 1.83. The number of carbonyl (C=O) groups excluding carboxylic acids is 1. The van der Waals surface area contributed by atoms with Gasteiger partial charge < -0.3 is 15.6 Å². The Hall–Kier alpha value is -1.99. The van der Waals surface area contributed by atoms with Crippen molar-refractivity contribution in [2.45, 2.75) is 19.8 Å². The summed E-state index contributed by atoms with van der Waals surface area (Å²) in [6, 6.07) is 7.40. The Bertz CT molecular complexity index is 714. The fourth-order valence-electron chi connectivity index (χ4n) is 2.36. The average Bonchev–Trinajstić information content (AvgIpc) is 2.81. The van der Waals surface area contributed by atoms with E-state index in [1.807, 2.05) is 0 Å². The molecule has 2 aromatic rings. The van der Waals surface area contributed by atoms with Crippen LogP contribution >= 0.6 is 12.4 Å². The lowest BCUT2D eigenvalue weighted by atomic mass is 10.2. The topological polar surface area (TPSA) is 60.1 Å². The molecule has 0 unspecified atom stereocenters. The molecular weight excluding hydrogens is 343 g/mol. The van der Waals surface area contributed by atoms with Gasteiger partial charge in [0.1, 0.15) is 5.82 Å². The summed E-state index contributed by atoms with van der Waals surface area (Å²) in [4.78, 5) is 12.1. The van der Waals surface area contributed by atoms with E-state index in [1.54, 1.807) is 36.6 Å². The van der Waals surface area contributed by atoms with Crippen molar-refractivity contribution < 1.29 is 18.0 Å². The standard InChI is InChI=1S/C16H18F3N3O.ClH/c1-10-7-14(15(23)21-9-16(18,19)8-20)11(2)22(10)13-5-3-12(17)4-6-13;/h3-7H,8-9,20H2,1-2H3,(H,21,23);1H. The lowest BCUT2D eigenvalue weighted by molar-refractivity contribution is 0.0118. The summed E-state index contributed by atoms with van der Waals surface area (Å²) in [5, 5.41) is 2.19. The third-order valence-corrected chi connectivity index (χ3v) is 3.57. The Morgan fingerprint density at radius 2 is 1.83 bits per heavy atom. The molecule has 0 atom stereocenters. The number of aromatic nitrogens is 1. The smallest absolute Gasteiger partial charge is 0.277 e. The molecule has 24 heavy (non-hydrogen) atoms. The summed E-state index contributed by atoms with van der Waals surface area (Å²) in [6.07, 6.45) is 0. The molecule has 3 N–H and O–H groups in total. The average molecular weight is 362 g/mol. The number of alkyl halides is 2. The molecule has 132 valence electrons. The van der Waals surface area contributed by atoms with Crippen LogP contribution in [0.2, 0.25) is 0 Å². The van der Waals surface area contributed by atoms with Crippen molar-refractivity contribution in [3.63, 3.8) is 0 Å². The molecule has 0 fully saturated rings. The number of benzene rings is 1. The zero-order valence-corrected chi connectivity index (χ0v) is 14.1. The van der Waals surface area contributed by atoms with Crippen LogP contribution in [0.1, 0.15) is 21.7 Å². The van der Waals surface area contributed by atoms with Crippen molar-refractivity contribution in [1.29, 1.82) is 0 Å². The van der Waals surface area contributed by atoms with Crippen LogP contribution in [0, 0.1) is 19.7 Å². The van der Waals surface area contributed by atoms with Crippen molar-refractivity contribution in [3.8, 4) is 5.69 Å². The molecule has 1 amide bonds. The van der Waals surface area contributed by atoms with E-state index in [0.717, 1.165) is 5.69 Å². The van der Waals surface area contributed by atoms with Crippen LogP contribution in [0.15, 0.2) is 30.3 Å². The summed E-state index contributed by atoms with van der Waals surface area (Å²) < 4.78 is 41.1. The van der Waals surface area contributed by atoms with Crippen LogP contribution < -0.4 is 11.1 Å². The molecule has 1 aromatic heterocycles. The number of rotatable bonds is 5. The molecule has 0 aliphatic heterocycles. The number of nitrogens with two attached hydrogens (primary N) is 1. The molecule has 0 aliphatic carbocycles. The first-order valence-corrected chi connectivity index (χ1v) is 7.06. The molecule has 0 spiro atoms. The molecule has 0 saturated heterocycles. The second-order valence-corrected chi connectivity index (χ2v) is 5.34. The van der Waals surface area contributed by atoms with Crippen LogP contribution in [0.3, 0.4) is 0 Å². The number of halogens is 4. The van der Waals surface area contributed by atoms with Gasteiger partial charge in [0.25, 0.3) is 11.8 Å². The highest BCUT2D eigenvalue weighted by atomic mass is 35.5. The van der Waals surface area contributed by atoms with Gasteiger partial charge in [-0.05, 0) is 44.2 Å². The van der Waals surface area contributed by atoms with Crippen LogP contribution in [0.5, 0.6) is 0 Å². The van der Waals surface area contributed by atoms with E-state index in [9.17, 15) is 18.0 Å². The summed E-state index contributed by atoms with van der Waals surface area (Å²) in [5.41, 5.74) is 7.25. The van der Waals surface area contributed by atoms with E-state index < -0.39 is 24.9 Å². The predicted octanol–water partition coefficient (Wildman–Crippen LogP) is 2.98. The minimum Gasteiger partial charge on any atom is -0.346 e. The van der Waals surface area contributed by atoms with Gasteiger partial charge in [-0.2, -0.15) is 0 Å². The van der Waals surface area contributed by atoms with E-state index in [-0.39, 0.29) is 18.2 Å². The van der Waals surface area contributed by atoms with Gasteiger partial charge in [0, 0.05) is 17.1 Å². The maximum absolute atomic E-state index is 13.1. The van der Waals surface area contributed by atoms with Gasteiger partial charge in [0.2, 0.25) is 0 Å². The first-order chi connectivity index (χ1) is 10.7. The minimum absolute atomic E-state index is 0. The monoisotopic (exact) mass is 361 g/mol. The van der Waals surface area contributed by atoms with Crippen LogP contribution in [0.4, 0.5) is 13.2 Å². The number of nitrogens with one attached hydrogen (secondary N) is 1. The van der Waals surface area contributed by atoms with Crippen LogP contribution in [-0.2, 0) is 0 Å². The fraction of sp³-hybridized carbons (Fsp3) is 0.312. The van der Waals surface area contributed by atoms with Gasteiger partial charge in [-0.3, -0.25) is 4.79 Å². The third-order valence-electron chi connectivity index (χ3n) is 3.57. The molecule has 0 saturated carbocycles. The molecule has 0 bridgehead atoms. The van der Waals surface area contributed by atoms with E-state index in [1.165, 1.54) is 12.1 Å². The zero-order valence-electron chi connectivity index (χ0n) is 13.3. The molecule has 0 radical (unpaired) electrons. The van der Waals surface area contributed by atoms with Crippen molar-refractivity contribution in [1.82, 2.24) is 9.88 Å². The van der Waals surface area contributed by atoms with Gasteiger partial charge in [-0.15, -0.1) is 12.4 Å². The maximum atomic E-state index is 13.1. The molecule has 0 aliphatic rings. The molecule has 8 heteroatoms. The van der Waals surface area contributed by atoms with Crippen LogP contribution in [0.25, 0.3) is 5.69 Å². The molecule has 4 nitrogen and oxygen atoms in total. The van der Waals surface area contributed by atoms with Crippen molar-refractivity contribution >= 4 is 18.3 Å². The number of aryl methyl sites for hydroxylation is 1. The normalized spacial score (nSPS) is 11.1. The zero-order chi connectivity index (χ0) is 17.2. The van der Waals surface area contributed by atoms with Crippen molar-refractivity contribution in [2.75, 3.05) is 13.1 Å². The molecule has 2 rings (SSSR count). The highest BCUT2D eigenvalue weighted by Crippen LogP contribution is 2.21. The first kappa shape index (κ1) is 20.1. The van der Waals surface area contributed by atoms with Crippen LogP contribution in [-0.4, -0.2) is 29.5 Å². The number of hydrogen-bond acceptors (Lipinski definition) is 2. The molecule has 1 aromatic carbocycles. The van der Waals surface area contributed by atoms with E-state index in [0.29, 0.717) is 16.9 Å². The largest absolute Gasteiger partial charge is 0.346 e. The lowest BCUT2D eigenvalue weighted by Gasteiger charge is -2.14. The first-order valence-electron chi connectivity index (χ1n) is 7.06. The second-order valence-electron chi connectivity index (χ2n) is 5.34. The van der Waals surface area contributed by atoms with E-state index in [2.05, 4.69) is 5.32 Å². The SMILES string of the molecule is Cc1cc(C(=O)NCC(F)(F)CN)c(C)n1-c1ccc(F)cc1.Cl. The number of hydrogen-bond donors (Lipinski definition) is 2. The molecule has 1 heterocycles. The van der Waals surface area contributed by atoms with Gasteiger partial charge in [-0.25, -0.2) is 13.2 Å².